The van der Waals surface area contributed by atoms with E-state index in [1.807, 2.05) is 36.5 Å². The maximum atomic E-state index is 12.9. The summed E-state index contributed by atoms with van der Waals surface area (Å²) in [6.07, 6.45) is -3.08. The fraction of sp³-hybridized carbons (Fsp3) is 0.438. The average molecular weight is 325 g/mol. The van der Waals surface area contributed by atoms with Crippen LogP contribution in [0.5, 0.6) is 0 Å². The lowest BCUT2D eigenvalue weighted by Gasteiger charge is -2.26. The number of likely N-dealkylation sites (tertiary alicyclic amines) is 1. The molecule has 124 valence electrons. The Hall–Kier alpha value is -1.86. The lowest BCUT2D eigenvalue weighted by Crippen LogP contribution is -2.47. The van der Waals surface area contributed by atoms with Crippen LogP contribution in [0.25, 0.3) is 11.3 Å². The quantitative estimate of drug-likeness (QED) is 0.943. The smallest absolute Gasteiger partial charge is 0.379 e. The third kappa shape index (κ3) is 3.11. The van der Waals surface area contributed by atoms with E-state index >= 15 is 0 Å². The zero-order valence-electron chi connectivity index (χ0n) is 12.7. The Morgan fingerprint density at radius 3 is 2.57 bits per heavy atom. The SMILES string of the molecule is Cn1cc(CN2CC[C@](O)(C(F)(F)F)C2)c(-c2ccccc2)n1. The van der Waals surface area contributed by atoms with Crippen molar-refractivity contribution in [2.45, 2.75) is 24.7 Å². The van der Waals surface area contributed by atoms with Crippen LogP contribution in [0.2, 0.25) is 0 Å². The summed E-state index contributed by atoms with van der Waals surface area (Å²) in [5.41, 5.74) is -0.0728. The van der Waals surface area contributed by atoms with E-state index in [2.05, 4.69) is 5.10 Å². The number of halogens is 3. The van der Waals surface area contributed by atoms with Gasteiger partial charge in [-0.1, -0.05) is 30.3 Å². The van der Waals surface area contributed by atoms with Crippen LogP contribution in [-0.4, -0.2) is 44.7 Å². The Balaban J connectivity index is 1.80. The van der Waals surface area contributed by atoms with Gasteiger partial charge in [0.15, 0.2) is 5.60 Å². The van der Waals surface area contributed by atoms with Crippen molar-refractivity contribution >= 4 is 0 Å². The van der Waals surface area contributed by atoms with E-state index in [4.69, 9.17) is 0 Å². The number of β-amino-alcohol motifs (C(OH)–C–C–N with tert-alkyl or cyclic N) is 1. The van der Waals surface area contributed by atoms with E-state index in [0.717, 1.165) is 16.8 Å². The molecular formula is C16H18F3N3O. The van der Waals surface area contributed by atoms with Crippen LogP contribution >= 0.6 is 0 Å². The molecule has 1 aromatic carbocycles. The number of rotatable bonds is 3. The van der Waals surface area contributed by atoms with Crippen molar-refractivity contribution in [3.63, 3.8) is 0 Å². The summed E-state index contributed by atoms with van der Waals surface area (Å²) in [6.45, 7) is 0.134. The molecule has 1 fully saturated rings. The zero-order chi connectivity index (χ0) is 16.7. The molecule has 2 aromatic rings. The predicted molar refractivity (Wildman–Crippen MR) is 79.5 cm³/mol. The lowest BCUT2D eigenvalue weighted by atomic mass is 10.0. The number of aryl methyl sites for hydroxylation is 1. The second-order valence-electron chi connectivity index (χ2n) is 6.03. The van der Waals surface area contributed by atoms with Gasteiger partial charge in [-0.05, 0) is 6.42 Å². The van der Waals surface area contributed by atoms with Gasteiger partial charge in [-0.2, -0.15) is 18.3 Å². The second kappa shape index (κ2) is 5.65. The van der Waals surface area contributed by atoms with Crippen LogP contribution in [-0.2, 0) is 13.6 Å². The van der Waals surface area contributed by atoms with E-state index in [0.29, 0.717) is 6.54 Å². The molecule has 1 atom stereocenters. The molecule has 0 bridgehead atoms. The molecule has 0 saturated carbocycles. The molecule has 0 radical (unpaired) electrons. The number of alkyl halides is 3. The molecule has 1 aromatic heterocycles. The summed E-state index contributed by atoms with van der Waals surface area (Å²) in [4.78, 5) is 1.62. The molecule has 3 rings (SSSR count). The van der Waals surface area contributed by atoms with Crippen LogP contribution in [0.3, 0.4) is 0 Å². The normalized spacial score (nSPS) is 22.7. The molecule has 0 aliphatic carbocycles. The molecule has 7 heteroatoms. The lowest BCUT2D eigenvalue weighted by molar-refractivity contribution is -0.254. The first-order valence-corrected chi connectivity index (χ1v) is 7.38. The summed E-state index contributed by atoms with van der Waals surface area (Å²) in [5, 5.41) is 14.2. The zero-order valence-corrected chi connectivity index (χ0v) is 12.7. The molecule has 1 aliphatic heterocycles. The van der Waals surface area contributed by atoms with E-state index in [9.17, 15) is 18.3 Å². The molecule has 1 N–H and O–H groups in total. The van der Waals surface area contributed by atoms with Crippen molar-refractivity contribution < 1.29 is 18.3 Å². The number of nitrogens with zero attached hydrogens (tertiary/aromatic N) is 3. The first-order chi connectivity index (χ1) is 10.8. The molecule has 1 saturated heterocycles. The van der Waals surface area contributed by atoms with Crippen molar-refractivity contribution in [3.05, 3.63) is 42.1 Å². The highest BCUT2D eigenvalue weighted by Crippen LogP contribution is 2.38. The van der Waals surface area contributed by atoms with Crippen LogP contribution in [0.15, 0.2) is 36.5 Å². The fourth-order valence-electron chi connectivity index (χ4n) is 2.97. The number of aromatic nitrogens is 2. The molecule has 23 heavy (non-hydrogen) atoms. The summed E-state index contributed by atoms with van der Waals surface area (Å²) < 4.78 is 40.4. The van der Waals surface area contributed by atoms with E-state index in [1.165, 1.54) is 0 Å². The standard InChI is InChI=1S/C16H18F3N3O/c1-21-9-13(14(20-21)12-5-3-2-4-6-12)10-22-8-7-15(23,11-22)16(17,18)19/h2-6,9,23H,7-8,10-11H2,1H3/t15-/m1/s1. The van der Waals surface area contributed by atoms with Gasteiger partial charge in [0.05, 0.1) is 5.69 Å². The number of benzene rings is 1. The highest BCUT2D eigenvalue weighted by Gasteiger charge is 2.56. The molecule has 4 nitrogen and oxygen atoms in total. The molecule has 0 spiro atoms. The summed E-state index contributed by atoms with van der Waals surface area (Å²) in [5.74, 6) is 0. The molecule has 0 unspecified atom stereocenters. The summed E-state index contributed by atoms with van der Waals surface area (Å²) >= 11 is 0. The van der Waals surface area contributed by atoms with Gasteiger partial charge in [0.1, 0.15) is 0 Å². The van der Waals surface area contributed by atoms with Gasteiger partial charge in [-0.15, -0.1) is 0 Å². The Bertz CT molecular complexity index is 684. The highest BCUT2D eigenvalue weighted by molar-refractivity contribution is 5.62. The first-order valence-electron chi connectivity index (χ1n) is 7.38. The van der Waals surface area contributed by atoms with Gasteiger partial charge in [-0.3, -0.25) is 9.58 Å². The van der Waals surface area contributed by atoms with Crippen LogP contribution in [0.1, 0.15) is 12.0 Å². The van der Waals surface area contributed by atoms with Gasteiger partial charge >= 0.3 is 6.18 Å². The maximum Gasteiger partial charge on any atom is 0.418 e. The third-order valence-electron chi connectivity index (χ3n) is 4.20. The van der Waals surface area contributed by atoms with E-state index < -0.39 is 18.3 Å². The number of hydrogen-bond acceptors (Lipinski definition) is 3. The minimum absolute atomic E-state index is 0.207. The van der Waals surface area contributed by atoms with Crippen molar-refractivity contribution in [1.29, 1.82) is 0 Å². The Morgan fingerprint density at radius 2 is 1.96 bits per heavy atom. The molecule has 2 heterocycles. The largest absolute Gasteiger partial charge is 0.418 e. The monoisotopic (exact) mass is 325 g/mol. The van der Waals surface area contributed by atoms with Gasteiger partial charge in [-0.25, -0.2) is 0 Å². The Labute approximate surface area is 132 Å². The van der Waals surface area contributed by atoms with Crippen molar-refractivity contribution in [2.24, 2.45) is 7.05 Å². The van der Waals surface area contributed by atoms with Crippen LogP contribution < -0.4 is 0 Å². The topological polar surface area (TPSA) is 41.3 Å². The van der Waals surface area contributed by atoms with Crippen molar-refractivity contribution in [3.8, 4) is 11.3 Å². The third-order valence-corrected chi connectivity index (χ3v) is 4.20. The fourth-order valence-corrected chi connectivity index (χ4v) is 2.97. The van der Waals surface area contributed by atoms with Crippen molar-refractivity contribution in [1.82, 2.24) is 14.7 Å². The molecule has 1 aliphatic rings. The maximum absolute atomic E-state index is 12.9. The minimum atomic E-state index is -4.60. The van der Waals surface area contributed by atoms with E-state index in [1.54, 1.807) is 16.6 Å². The minimum Gasteiger partial charge on any atom is -0.379 e. The molecular weight excluding hydrogens is 307 g/mol. The number of hydrogen-bond donors (Lipinski definition) is 1. The predicted octanol–water partition coefficient (Wildman–Crippen LogP) is 2.59. The average Bonchev–Trinajstić information content (AvgIpc) is 3.04. The first kappa shape index (κ1) is 16.0. The highest BCUT2D eigenvalue weighted by atomic mass is 19.4. The van der Waals surface area contributed by atoms with Gasteiger partial charge in [0.2, 0.25) is 0 Å². The Kier molecular flexibility index (Phi) is 3.93. The van der Waals surface area contributed by atoms with Crippen LogP contribution in [0.4, 0.5) is 13.2 Å². The Morgan fingerprint density at radius 1 is 1.26 bits per heavy atom. The summed E-state index contributed by atoms with van der Waals surface area (Å²) in [7, 11) is 1.78. The van der Waals surface area contributed by atoms with Gasteiger partial charge in [0.25, 0.3) is 0 Å². The van der Waals surface area contributed by atoms with E-state index in [-0.39, 0.29) is 13.0 Å². The van der Waals surface area contributed by atoms with Gasteiger partial charge in [0, 0.05) is 44.0 Å². The molecule has 0 amide bonds. The van der Waals surface area contributed by atoms with Crippen molar-refractivity contribution in [2.75, 3.05) is 13.1 Å². The van der Waals surface area contributed by atoms with Crippen LogP contribution in [0, 0.1) is 0 Å². The van der Waals surface area contributed by atoms with Gasteiger partial charge < -0.3 is 5.11 Å². The summed E-state index contributed by atoms with van der Waals surface area (Å²) in [6, 6.07) is 9.53. The second-order valence-corrected chi connectivity index (χ2v) is 6.03. The number of aliphatic hydroxyl groups is 1.